The summed E-state index contributed by atoms with van der Waals surface area (Å²) in [5.41, 5.74) is 1.27. The van der Waals surface area contributed by atoms with Crippen molar-refractivity contribution in [2.24, 2.45) is 0 Å². The molecule has 1 heterocycles. The van der Waals surface area contributed by atoms with Crippen LogP contribution in [0, 0.1) is 0 Å². The third-order valence-electron chi connectivity index (χ3n) is 7.90. The van der Waals surface area contributed by atoms with Crippen LogP contribution in [0.1, 0.15) is 107 Å². The van der Waals surface area contributed by atoms with Crippen LogP contribution in [0.5, 0.6) is 0 Å². The smallest absolute Gasteiger partial charge is 0.356 e. The number of carbonyl (C=O) groups is 1. The average Bonchev–Trinajstić information content (AvgIpc) is 2.86. The molecule has 4 nitrogen and oxygen atoms in total. The Balaban J connectivity index is 0.000000165. The van der Waals surface area contributed by atoms with Crippen molar-refractivity contribution < 1.29 is 9.90 Å². The summed E-state index contributed by atoms with van der Waals surface area (Å²) in [5.74, 6) is -1.06. The number of rotatable bonds is 4. The number of nitrogens with zero attached hydrogens (tertiary/aromatic N) is 2. The van der Waals surface area contributed by atoms with Gasteiger partial charge in [0.15, 0.2) is 5.69 Å². The van der Waals surface area contributed by atoms with Crippen molar-refractivity contribution in [3.05, 3.63) is 36.2 Å². The molecule has 3 fully saturated rings. The monoisotopic (exact) mass is 543 g/mol. The Labute approximate surface area is 200 Å². The molecule has 0 atom stereocenters. The number of carboxylic acid groups (broad SMARTS) is 1. The predicted octanol–water partition coefficient (Wildman–Crippen LogP) is 7.81. The zero-order chi connectivity index (χ0) is 22.2. The van der Waals surface area contributed by atoms with E-state index in [9.17, 15) is 4.79 Å². The first-order valence-electron chi connectivity index (χ1n) is 13.0. The van der Waals surface area contributed by atoms with Gasteiger partial charge in [0.1, 0.15) is 0 Å². The summed E-state index contributed by atoms with van der Waals surface area (Å²) >= 11 is -1.15. The van der Waals surface area contributed by atoms with Crippen molar-refractivity contribution >= 4 is 36.8 Å². The molecule has 5 rings (SSSR count). The minimum Gasteiger partial charge on any atom is -0.476 e. The molecule has 3 aliphatic rings. The van der Waals surface area contributed by atoms with Crippen LogP contribution in [0.2, 0.25) is 11.8 Å². The SMILES string of the molecule is C1CC[CH]([Sn]([CH]2CCCCC2)[CH]2CCCCC2)CC1.O=C(O)c1cnc2ccccc2n1. The molecule has 3 saturated carbocycles. The van der Waals surface area contributed by atoms with Crippen molar-refractivity contribution in [3.63, 3.8) is 0 Å². The van der Waals surface area contributed by atoms with E-state index in [0.29, 0.717) is 11.0 Å². The number of benzene rings is 1. The Bertz CT molecular complexity index is 813. The molecule has 0 unspecified atom stereocenters. The second-order valence-electron chi connectivity index (χ2n) is 10.1. The molecule has 1 N–H and O–H groups in total. The third kappa shape index (κ3) is 6.45. The first-order chi connectivity index (χ1) is 15.7. The molecule has 0 aliphatic heterocycles. The number of aromatic nitrogens is 2. The third-order valence-corrected chi connectivity index (χ3v) is 20.9. The molecule has 3 aliphatic carbocycles. The molecule has 0 amide bonds. The molecular weight excluding hydrogens is 503 g/mol. The summed E-state index contributed by atoms with van der Waals surface area (Å²) < 4.78 is 3.96. The number of aromatic carboxylic acids is 1. The molecule has 0 saturated heterocycles. The number of para-hydroxylation sites is 2. The summed E-state index contributed by atoms with van der Waals surface area (Å²) in [6.07, 6.45) is 25.5. The van der Waals surface area contributed by atoms with Gasteiger partial charge in [0.25, 0.3) is 0 Å². The maximum Gasteiger partial charge on any atom is 0.356 e. The summed E-state index contributed by atoms with van der Waals surface area (Å²) in [5, 5.41) is 8.64. The van der Waals surface area contributed by atoms with Gasteiger partial charge in [0.05, 0.1) is 17.2 Å². The molecule has 1 radical (unpaired) electrons. The molecule has 0 bridgehead atoms. The molecule has 32 heavy (non-hydrogen) atoms. The zero-order valence-corrected chi connectivity index (χ0v) is 22.3. The van der Waals surface area contributed by atoms with E-state index in [0.717, 1.165) is 0 Å². The van der Waals surface area contributed by atoms with Gasteiger partial charge in [0.2, 0.25) is 0 Å². The van der Waals surface area contributed by atoms with Gasteiger partial charge in [-0.15, -0.1) is 0 Å². The van der Waals surface area contributed by atoms with Gasteiger partial charge in [-0.05, 0) is 12.1 Å². The fourth-order valence-electron chi connectivity index (χ4n) is 6.37. The van der Waals surface area contributed by atoms with Gasteiger partial charge in [-0.3, -0.25) is 4.98 Å². The quantitative estimate of drug-likeness (QED) is 0.401. The number of fused-ring (bicyclic) bond motifs is 1. The average molecular weight is 542 g/mol. The number of carboxylic acids is 1. The molecule has 1 aromatic carbocycles. The van der Waals surface area contributed by atoms with Gasteiger partial charge in [-0.1, -0.05) is 12.1 Å². The van der Waals surface area contributed by atoms with E-state index in [1.165, 1.54) is 18.0 Å². The van der Waals surface area contributed by atoms with Crippen LogP contribution in [0.25, 0.3) is 11.0 Å². The van der Waals surface area contributed by atoms with Crippen LogP contribution in [-0.4, -0.2) is 40.8 Å². The molecule has 1 aromatic heterocycles. The second kappa shape index (κ2) is 12.3. The van der Waals surface area contributed by atoms with Crippen molar-refractivity contribution in [1.29, 1.82) is 0 Å². The van der Waals surface area contributed by atoms with E-state index in [2.05, 4.69) is 9.97 Å². The Morgan fingerprint density at radius 3 is 1.59 bits per heavy atom. The van der Waals surface area contributed by atoms with E-state index in [1.807, 2.05) is 6.07 Å². The van der Waals surface area contributed by atoms with Crippen LogP contribution in [0.3, 0.4) is 0 Å². The van der Waals surface area contributed by atoms with Gasteiger partial charge >= 0.3 is 134 Å². The molecule has 2 aromatic rings. The van der Waals surface area contributed by atoms with Crippen molar-refractivity contribution in [3.8, 4) is 0 Å². The van der Waals surface area contributed by atoms with Gasteiger partial charge in [-0.2, -0.15) is 0 Å². The predicted molar refractivity (Wildman–Crippen MR) is 133 cm³/mol. The van der Waals surface area contributed by atoms with Gasteiger partial charge < -0.3 is 5.11 Å². The second-order valence-corrected chi connectivity index (χ2v) is 19.9. The fourth-order valence-corrected chi connectivity index (χ4v) is 21.3. The van der Waals surface area contributed by atoms with Crippen molar-refractivity contribution in [2.45, 2.75) is 108 Å². The minimum absolute atomic E-state index is 0.0290. The first-order valence-corrected chi connectivity index (χ1v) is 18.0. The van der Waals surface area contributed by atoms with Crippen molar-refractivity contribution in [1.82, 2.24) is 9.97 Å². The summed E-state index contributed by atoms with van der Waals surface area (Å²) in [6.45, 7) is 0. The van der Waals surface area contributed by atoms with E-state index < -0.39 is 25.7 Å². The van der Waals surface area contributed by atoms with Crippen LogP contribution in [0.15, 0.2) is 30.5 Å². The Morgan fingerprint density at radius 1 is 0.719 bits per heavy atom. The van der Waals surface area contributed by atoms with E-state index in [4.69, 9.17) is 5.11 Å². The van der Waals surface area contributed by atoms with Crippen LogP contribution in [-0.2, 0) is 0 Å². The van der Waals surface area contributed by atoms with Crippen LogP contribution < -0.4 is 0 Å². The number of hydrogen-bond acceptors (Lipinski definition) is 3. The first kappa shape index (κ1) is 24.0. The van der Waals surface area contributed by atoms with Gasteiger partial charge in [-0.25, -0.2) is 9.78 Å². The summed E-state index contributed by atoms with van der Waals surface area (Å²) in [4.78, 5) is 18.4. The Morgan fingerprint density at radius 2 is 1.16 bits per heavy atom. The maximum absolute atomic E-state index is 10.5. The minimum atomic E-state index is -1.15. The normalized spacial score (nSPS) is 21.3. The molecule has 5 heteroatoms. The molecule has 0 spiro atoms. The zero-order valence-electron chi connectivity index (χ0n) is 19.5. The van der Waals surface area contributed by atoms with E-state index >= 15 is 0 Å². The van der Waals surface area contributed by atoms with Gasteiger partial charge in [0, 0.05) is 0 Å². The molecular formula is C27H39N2O2Sn. The standard InChI is InChI=1S/C9H6N2O2.3C6H11.Sn/c12-9(13)8-5-10-6-3-1-2-4-7(6)11-8;3*1-2-4-6-5-3-1;/h1-5H,(H,12,13);3*1H,2-6H2;. The topological polar surface area (TPSA) is 63.1 Å². The Hall–Kier alpha value is -1.17. The van der Waals surface area contributed by atoms with E-state index in [-0.39, 0.29) is 5.69 Å². The van der Waals surface area contributed by atoms with Crippen molar-refractivity contribution in [2.75, 3.05) is 0 Å². The van der Waals surface area contributed by atoms with Crippen LogP contribution in [0.4, 0.5) is 0 Å². The molecule has 173 valence electrons. The summed E-state index contributed by atoms with van der Waals surface area (Å²) in [6, 6.07) is 7.14. The maximum atomic E-state index is 10.5. The largest absolute Gasteiger partial charge is 0.476 e. The fraction of sp³-hybridized carbons (Fsp3) is 0.667. The van der Waals surface area contributed by atoms with E-state index in [1.54, 1.807) is 115 Å². The Kier molecular flexibility index (Phi) is 9.24. The van der Waals surface area contributed by atoms with Crippen LogP contribution >= 0.6 is 0 Å². The number of hydrogen-bond donors (Lipinski definition) is 1. The summed E-state index contributed by atoms with van der Waals surface area (Å²) in [7, 11) is 0.